The predicted octanol–water partition coefficient (Wildman–Crippen LogP) is 1.79. The van der Waals surface area contributed by atoms with Gasteiger partial charge in [-0.15, -0.1) is 0 Å². The van der Waals surface area contributed by atoms with Crippen molar-refractivity contribution in [2.75, 3.05) is 18.0 Å². The minimum absolute atomic E-state index is 0.122. The number of anilines is 1. The molecule has 88 valence electrons. The Hall–Kier alpha value is -1.32. The number of aromatic amines is 1. The van der Waals surface area contributed by atoms with Crippen LogP contribution in [0.4, 0.5) is 5.69 Å². The lowest BCUT2D eigenvalue weighted by molar-refractivity contribution is 0.301. The second-order valence-corrected chi connectivity index (χ2v) is 4.68. The van der Waals surface area contributed by atoms with Crippen molar-refractivity contribution in [1.29, 1.82) is 0 Å². The van der Waals surface area contributed by atoms with Gasteiger partial charge in [-0.1, -0.05) is 13.8 Å². The Bertz CT molecular complexity index is 409. The Morgan fingerprint density at radius 3 is 2.81 bits per heavy atom. The summed E-state index contributed by atoms with van der Waals surface area (Å²) in [6, 6.07) is 1.63. The van der Waals surface area contributed by atoms with Gasteiger partial charge in [0, 0.05) is 19.2 Å². The Morgan fingerprint density at radius 2 is 2.25 bits per heavy atom. The molecule has 0 radical (unpaired) electrons. The van der Waals surface area contributed by atoms with Crippen LogP contribution in [0, 0.1) is 5.41 Å². The van der Waals surface area contributed by atoms with Crippen molar-refractivity contribution >= 4 is 5.69 Å². The zero-order valence-electron chi connectivity index (χ0n) is 9.99. The highest BCUT2D eigenvalue weighted by atomic mass is 16.1. The van der Waals surface area contributed by atoms with E-state index in [-0.39, 0.29) is 5.56 Å². The van der Waals surface area contributed by atoms with E-state index in [1.807, 2.05) is 0 Å². The molecule has 2 heterocycles. The largest absolute Gasteiger partial charge is 0.369 e. The van der Waals surface area contributed by atoms with Crippen molar-refractivity contribution in [2.45, 2.75) is 33.1 Å². The summed E-state index contributed by atoms with van der Waals surface area (Å²) in [7, 11) is 0. The first-order chi connectivity index (χ1) is 7.69. The summed E-state index contributed by atoms with van der Waals surface area (Å²) in [6.07, 6.45) is 5.36. The third kappa shape index (κ3) is 1.96. The first-order valence-electron chi connectivity index (χ1n) is 5.99. The lowest BCUT2D eigenvalue weighted by Gasteiger charge is -2.26. The molecule has 0 aliphatic carbocycles. The summed E-state index contributed by atoms with van der Waals surface area (Å²) >= 11 is 0. The number of rotatable bonds is 3. The van der Waals surface area contributed by atoms with E-state index in [1.165, 1.54) is 19.3 Å². The van der Waals surface area contributed by atoms with Gasteiger partial charge in [0.25, 0.3) is 5.56 Å². The molecule has 4 nitrogen and oxygen atoms in total. The normalized spacial score (nSPS) is 19.0. The van der Waals surface area contributed by atoms with Crippen LogP contribution in [0.2, 0.25) is 0 Å². The van der Waals surface area contributed by atoms with Crippen molar-refractivity contribution in [1.82, 2.24) is 10.2 Å². The number of hydrogen-bond acceptors (Lipinski definition) is 3. The number of hydrogen-bond donors (Lipinski definition) is 1. The maximum Gasteiger partial charge on any atom is 0.266 e. The van der Waals surface area contributed by atoms with E-state index >= 15 is 0 Å². The summed E-state index contributed by atoms with van der Waals surface area (Å²) in [5.74, 6) is 0. The fourth-order valence-electron chi connectivity index (χ4n) is 2.52. The molecule has 0 bridgehead atoms. The van der Waals surface area contributed by atoms with Gasteiger partial charge in [0.1, 0.15) is 0 Å². The van der Waals surface area contributed by atoms with Gasteiger partial charge in [-0.2, -0.15) is 5.10 Å². The molecule has 0 aromatic carbocycles. The lowest BCUT2D eigenvalue weighted by Crippen LogP contribution is -2.27. The molecule has 1 aromatic rings. The molecule has 0 amide bonds. The lowest BCUT2D eigenvalue weighted by atomic mass is 9.82. The van der Waals surface area contributed by atoms with Crippen LogP contribution in [0.5, 0.6) is 0 Å². The Labute approximate surface area is 95.7 Å². The summed E-state index contributed by atoms with van der Waals surface area (Å²) < 4.78 is 0. The minimum Gasteiger partial charge on any atom is -0.369 e. The molecule has 1 saturated heterocycles. The van der Waals surface area contributed by atoms with Gasteiger partial charge in [0.05, 0.1) is 11.9 Å². The van der Waals surface area contributed by atoms with Gasteiger partial charge < -0.3 is 4.90 Å². The number of nitrogens with zero attached hydrogens (tertiary/aromatic N) is 2. The molecule has 1 fully saturated rings. The van der Waals surface area contributed by atoms with Crippen LogP contribution in [0.25, 0.3) is 0 Å². The van der Waals surface area contributed by atoms with Gasteiger partial charge in [0.15, 0.2) is 0 Å². The maximum atomic E-state index is 11.2. The molecule has 0 atom stereocenters. The van der Waals surface area contributed by atoms with Gasteiger partial charge in [-0.25, -0.2) is 5.10 Å². The van der Waals surface area contributed by atoms with E-state index in [4.69, 9.17) is 0 Å². The van der Waals surface area contributed by atoms with Crippen molar-refractivity contribution in [3.8, 4) is 0 Å². The number of aromatic nitrogens is 2. The average Bonchev–Trinajstić information content (AvgIpc) is 2.74. The molecule has 0 unspecified atom stereocenters. The molecule has 0 spiro atoms. The monoisotopic (exact) mass is 221 g/mol. The molecule has 0 saturated carbocycles. The van der Waals surface area contributed by atoms with E-state index in [9.17, 15) is 4.79 Å². The third-order valence-corrected chi connectivity index (χ3v) is 3.95. The number of H-pyrrole nitrogens is 1. The second-order valence-electron chi connectivity index (χ2n) is 4.68. The van der Waals surface area contributed by atoms with Gasteiger partial charge >= 0.3 is 0 Å². The molecule has 1 aliphatic heterocycles. The molecule has 16 heavy (non-hydrogen) atoms. The highest BCUT2D eigenvalue weighted by molar-refractivity contribution is 5.44. The summed E-state index contributed by atoms with van der Waals surface area (Å²) in [5, 5.41) is 6.26. The summed E-state index contributed by atoms with van der Waals surface area (Å²) in [5.41, 5.74) is 1.26. The highest BCUT2D eigenvalue weighted by Gasteiger charge is 2.35. The topological polar surface area (TPSA) is 49.0 Å². The first-order valence-corrected chi connectivity index (χ1v) is 5.99. The molecule has 1 N–H and O–H groups in total. The fourth-order valence-corrected chi connectivity index (χ4v) is 2.52. The van der Waals surface area contributed by atoms with E-state index in [2.05, 4.69) is 28.9 Å². The van der Waals surface area contributed by atoms with Crippen LogP contribution >= 0.6 is 0 Å². The van der Waals surface area contributed by atoms with Crippen LogP contribution in [0.15, 0.2) is 17.1 Å². The van der Waals surface area contributed by atoms with Crippen LogP contribution in [-0.2, 0) is 0 Å². The zero-order valence-corrected chi connectivity index (χ0v) is 9.99. The first kappa shape index (κ1) is 11.2. The molecule has 1 aliphatic rings. The van der Waals surface area contributed by atoms with Crippen molar-refractivity contribution in [3.63, 3.8) is 0 Å². The van der Waals surface area contributed by atoms with E-state index in [1.54, 1.807) is 12.3 Å². The summed E-state index contributed by atoms with van der Waals surface area (Å²) in [6.45, 7) is 6.59. The quantitative estimate of drug-likeness (QED) is 0.846. The Kier molecular flexibility index (Phi) is 2.99. The third-order valence-electron chi connectivity index (χ3n) is 3.95. The minimum atomic E-state index is -0.122. The Balaban J connectivity index is 2.17. The summed E-state index contributed by atoms with van der Waals surface area (Å²) in [4.78, 5) is 13.5. The molecule has 1 aromatic heterocycles. The van der Waals surface area contributed by atoms with Crippen molar-refractivity contribution in [3.05, 3.63) is 22.6 Å². The highest BCUT2D eigenvalue weighted by Crippen LogP contribution is 2.38. The number of nitrogens with one attached hydrogen (secondary N) is 1. The maximum absolute atomic E-state index is 11.2. The average molecular weight is 221 g/mol. The Morgan fingerprint density at radius 1 is 1.50 bits per heavy atom. The zero-order chi connectivity index (χ0) is 11.6. The second kappa shape index (κ2) is 4.28. The van der Waals surface area contributed by atoms with Gasteiger partial charge in [0.2, 0.25) is 0 Å². The SMILES string of the molecule is CCC1(CC)CCN(c2cn[nH]c(=O)c2)C1. The molecule has 4 heteroatoms. The van der Waals surface area contributed by atoms with Crippen molar-refractivity contribution < 1.29 is 0 Å². The predicted molar refractivity (Wildman–Crippen MR) is 64.7 cm³/mol. The molecular weight excluding hydrogens is 202 g/mol. The van der Waals surface area contributed by atoms with E-state index in [0.29, 0.717) is 5.41 Å². The smallest absolute Gasteiger partial charge is 0.266 e. The van der Waals surface area contributed by atoms with E-state index < -0.39 is 0 Å². The molecule has 2 rings (SSSR count). The van der Waals surface area contributed by atoms with Gasteiger partial charge in [-0.05, 0) is 24.7 Å². The van der Waals surface area contributed by atoms with Crippen LogP contribution < -0.4 is 10.5 Å². The van der Waals surface area contributed by atoms with Crippen LogP contribution in [0.3, 0.4) is 0 Å². The van der Waals surface area contributed by atoms with E-state index in [0.717, 1.165) is 18.8 Å². The standard InChI is InChI=1S/C12H19N3O/c1-3-12(4-2)5-6-15(9-12)10-7-11(16)14-13-8-10/h7-8H,3-6,9H2,1-2H3,(H,14,16). The van der Waals surface area contributed by atoms with Crippen LogP contribution in [-0.4, -0.2) is 23.3 Å². The van der Waals surface area contributed by atoms with Gasteiger partial charge in [-0.3, -0.25) is 4.79 Å². The van der Waals surface area contributed by atoms with Crippen LogP contribution in [0.1, 0.15) is 33.1 Å². The fraction of sp³-hybridized carbons (Fsp3) is 0.667. The molecular formula is C12H19N3O. The van der Waals surface area contributed by atoms with Crippen molar-refractivity contribution in [2.24, 2.45) is 5.41 Å².